The first-order chi connectivity index (χ1) is 7.35. The lowest BCUT2D eigenvalue weighted by atomic mass is 9.87. The second-order valence-electron chi connectivity index (χ2n) is 5.56. The molecule has 0 saturated heterocycles. The molecule has 2 aliphatic carbocycles. The van der Waals surface area contributed by atoms with Crippen molar-refractivity contribution in [1.82, 2.24) is 5.32 Å². The smallest absolute Gasteiger partial charge is 0.0292 e. The van der Waals surface area contributed by atoms with Gasteiger partial charge in [-0.05, 0) is 31.1 Å². The van der Waals surface area contributed by atoms with E-state index >= 15 is 0 Å². The predicted octanol–water partition coefficient (Wildman–Crippen LogP) is 3.71. The molecule has 0 atom stereocenters. The Morgan fingerprint density at radius 2 is 1.67 bits per heavy atom. The molecule has 0 heterocycles. The molecule has 0 aromatic heterocycles. The zero-order chi connectivity index (χ0) is 10.6. The van der Waals surface area contributed by atoms with Crippen LogP contribution in [0.2, 0.25) is 0 Å². The fraction of sp³-hybridized carbons (Fsp3) is 1.00. The SMILES string of the molecule is ClCC1(CNC2CCCCC2)CCCC1. The molecular formula is C13H24ClN. The van der Waals surface area contributed by atoms with Crippen molar-refractivity contribution in [1.29, 1.82) is 0 Å². The molecule has 2 rings (SSSR count). The van der Waals surface area contributed by atoms with Gasteiger partial charge in [0.15, 0.2) is 0 Å². The van der Waals surface area contributed by atoms with Crippen molar-refractivity contribution in [3.8, 4) is 0 Å². The summed E-state index contributed by atoms with van der Waals surface area (Å²) in [6.45, 7) is 1.17. The molecule has 88 valence electrons. The molecule has 0 unspecified atom stereocenters. The first kappa shape index (κ1) is 11.7. The van der Waals surface area contributed by atoms with Gasteiger partial charge in [0.05, 0.1) is 0 Å². The number of halogens is 1. The van der Waals surface area contributed by atoms with E-state index in [0.29, 0.717) is 5.41 Å². The molecule has 1 nitrogen and oxygen atoms in total. The highest BCUT2D eigenvalue weighted by molar-refractivity contribution is 6.18. The molecule has 0 aromatic carbocycles. The van der Waals surface area contributed by atoms with Gasteiger partial charge in [0.25, 0.3) is 0 Å². The van der Waals surface area contributed by atoms with E-state index in [-0.39, 0.29) is 0 Å². The molecule has 0 amide bonds. The van der Waals surface area contributed by atoms with E-state index in [4.69, 9.17) is 11.6 Å². The molecular weight excluding hydrogens is 206 g/mol. The van der Waals surface area contributed by atoms with Crippen molar-refractivity contribution >= 4 is 11.6 Å². The van der Waals surface area contributed by atoms with Gasteiger partial charge in [0.1, 0.15) is 0 Å². The molecule has 0 radical (unpaired) electrons. The zero-order valence-corrected chi connectivity index (χ0v) is 10.5. The van der Waals surface area contributed by atoms with Crippen LogP contribution in [-0.4, -0.2) is 18.5 Å². The Hall–Kier alpha value is 0.250. The molecule has 0 bridgehead atoms. The van der Waals surface area contributed by atoms with Gasteiger partial charge in [-0.3, -0.25) is 0 Å². The van der Waals surface area contributed by atoms with Gasteiger partial charge in [0, 0.05) is 18.5 Å². The monoisotopic (exact) mass is 229 g/mol. The first-order valence-corrected chi connectivity index (χ1v) is 7.17. The van der Waals surface area contributed by atoms with Crippen molar-refractivity contribution < 1.29 is 0 Å². The van der Waals surface area contributed by atoms with Crippen LogP contribution in [0.3, 0.4) is 0 Å². The van der Waals surface area contributed by atoms with E-state index in [2.05, 4.69) is 5.32 Å². The van der Waals surface area contributed by atoms with Gasteiger partial charge in [-0.1, -0.05) is 32.1 Å². The van der Waals surface area contributed by atoms with Crippen molar-refractivity contribution in [2.24, 2.45) is 5.41 Å². The highest BCUT2D eigenvalue weighted by Gasteiger charge is 2.33. The zero-order valence-electron chi connectivity index (χ0n) is 9.73. The lowest BCUT2D eigenvalue weighted by Crippen LogP contribution is -2.40. The first-order valence-electron chi connectivity index (χ1n) is 6.64. The standard InChI is InChI=1S/C13H24ClN/c14-10-13(8-4-5-9-13)11-15-12-6-2-1-3-7-12/h12,15H,1-11H2. The third-order valence-corrected chi connectivity index (χ3v) is 4.89. The van der Waals surface area contributed by atoms with E-state index < -0.39 is 0 Å². The van der Waals surface area contributed by atoms with E-state index in [1.54, 1.807) is 0 Å². The summed E-state index contributed by atoms with van der Waals surface area (Å²) in [6, 6.07) is 0.791. The van der Waals surface area contributed by atoms with Crippen LogP contribution < -0.4 is 5.32 Å². The molecule has 1 N–H and O–H groups in total. The van der Waals surface area contributed by atoms with Crippen LogP contribution in [0.4, 0.5) is 0 Å². The van der Waals surface area contributed by atoms with Crippen molar-refractivity contribution in [2.45, 2.75) is 63.8 Å². The Labute approximate surface area is 99.0 Å². The number of hydrogen-bond donors (Lipinski definition) is 1. The third-order valence-electron chi connectivity index (χ3n) is 4.32. The van der Waals surface area contributed by atoms with Crippen LogP contribution in [0, 0.1) is 5.41 Å². The lowest BCUT2D eigenvalue weighted by molar-refractivity contribution is 0.276. The fourth-order valence-corrected chi connectivity index (χ4v) is 3.51. The van der Waals surface area contributed by atoms with Crippen LogP contribution >= 0.6 is 11.6 Å². The maximum Gasteiger partial charge on any atom is 0.0292 e. The minimum Gasteiger partial charge on any atom is -0.313 e. The summed E-state index contributed by atoms with van der Waals surface area (Å²) >= 11 is 6.14. The summed E-state index contributed by atoms with van der Waals surface area (Å²) < 4.78 is 0. The maximum atomic E-state index is 6.14. The van der Waals surface area contributed by atoms with Crippen LogP contribution in [0.15, 0.2) is 0 Å². The average Bonchev–Trinajstić information content (AvgIpc) is 2.77. The molecule has 2 aliphatic rings. The minimum absolute atomic E-state index is 0.443. The number of hydrogen-bond acceptors (Lipinski definition) is 1. The molecule has 0 aliphatic heterocycles. The third kappa shape index (κ3) is 3.10. The summed E-state index contributed by atoms with van der Waals surface area (Å²) in [7, 11) is 0. The summed E-state index contributed by atoms with van der Waals surface area (Å²) in [6.07, 6.45) is 12.5. The van der Waals surface area contributed by atoms with Gasteiger partial charge in [-0.15, -0.1) is 11.6 Å². The quantitative estimate of drug-likeness (QED) is 0.725. The molecule has 2 heteroatoms. The second-order valence-corrected chi connectivity index (χ2v) is 5.82. The normalized spacial score (nSPS) is 27.0. The predicted molar refractivity (Wildman–Crippen MR) is 66.5 cm³/mol. The largest absolute Gasteiger partial charge is 0.313 e. The molecule has 0 aromatic rings. The highest BCUT2D eigenvalue weighted by Crippen LogP contribution is 2.38. The van der Waals surface area contributed by atoms with Gasteiger partial charge in [-0.2, -0.15) is 0 Å². The fourth-order valence-electron chi connectivity index (χ4n) is 3.15. The highest BCUT2D eigenvalue weighted by atomic mass is 35.5. The van der Waals surface area contributed by atoms with Gasteiger partial charge in [0.2, 0.25) is 0 Å². The molecule has 2 saturated carbocycles. The lowest BCUT2D eigenvalue weighted by Gasteiger charge is -2.31. The molecule has 0 spiro atoms. The summed E-state index contributed by atoms with van der Waals surface area (Å²) in [5.74, 6) is 0.854. The van der Waals surface area contributed by atoms with Gasteiger partial charge >= 0.3 is 0 Å². The number of alkyl halides is 1. The molecule has 15 heavy (non-hydrogen) atoms. The number of nitrogens with one attached hydrogen (secondary N) is 1. The Kier molecular flexibility index (Phi) is 4.33. The van der Waals surface area contributed by atoms with Crippen LogP contribution in [0.1, 0.15) is 57.8 Å². The Balaban J connectivity index is 1.75. The summed E-state index contributed by atoms with van der Waals surface area (Å²) in [5, 5.41) is 3.77. The molecule has 2 fully saturated rings. The average molecular weight is 230 g/mol. The van der Waals surface area contributed by atoms with Crippen LogP contribution in [0.25, 0.3) is 0 Å². The van der Waals surface area contributed by atoms with Crippen molar-refractivity contribution in [3.63, 3.8) is 0 Å². The Morgan fingerprint density at radius 1 is 1.00 bits per heavy atom. The van der Waals surface area contributed by atoms with Crippen molar-refractivity contribution in [2.75, 3.05) is 12.4 Å². The summed E-state index contributed by atoms with van der Waals surface area (Å²) in [5.41, 5.74) is 0.443. The number of rotatable bonds is 4. The second kappa shape index (κ2) is 5.54. The maximum absolute atomic E-state index is 6.14. The van der Waals surface area contributed by atoms with Crippen molar-refractivity contribution in [3.05, 3.63) is 0 Å². The van der Waals surface area contributed by atoms with Gasteiger partial charge < -0.3 is 5.32 Å². The van der Waals surface area contributed by atoms with E-state index in [0.717, 1.165) is 11.9 Å². The van der Waals surface area contributed by atoms with E-state index in [9.17, 15) is 0 Å². The topological polar surface area (TPSA) is 12.0 Å². The van der Waals surface area contributed by atoms with Gasteiger partial charge in [-0.25, -0.2) is 0 Å². The Bertz CT molecular complexity index is 181. The minimum atomic E-state index is 0.443. The van der Waals surface area contributed by atoms with Crippen LogP contribution in [-0.2, 0) is 0 Å². The van der Waals surface area contributed by atoms with E-state index in [1.807, 2.05) is 0 Å². The Morgan fingerprint density at radius 3 is 2.27 bits per heavy atom. The van der Waals surface area contributed by atoms with E-state index in [1.165, 1.54) is 64.3 Å². The summed E-state index contributed by atoms with van der Waals surface area (Å²) in [4.78, 5) is 0. The van der Waals surface area contributed by atoms with Crippen LogP contribution in [0.5, 0.6) is 0 Å².